The predicted octanol–water partition coefficient (Wildman–Crippen LogP) is 4.14. The van der Waals surface area contributed by atoms with E-state index in [4.69, 9.17) is 10.1 Å². The molecule has 1 fully saturated rings. The van der Waals surface area contributed by atoms with Crippen molar-refractivity contribution in [1.82, 2.24) is 14.8 Å². The van der Waals surface area contributed by atoms with Crippen LogP contribution in [0.2, 0.25) is 0 Å². The molecular formula is C28H42N4O. The molecule has 0 atom stereocenters. The molecule has 1 saturated heterocycles. The van der Waals surface area contributed by atoms with E-state index in [1.165, 1.54) is 29.5 Å². The maximum atomic E-state index is 9.08. The second kappa shape index (κ2) is 9.73. The molecule has 1 N–H and O–H groups in total. The van der Waals surface area contributed by atoms with Gasteiger partial charge in [0.25, 0.3) is 0 Å². The Morgan fingerprint density at radius 3 is 2.30 bits per heavy atom. The van der Waals surface area contributed by atoms with Crippen molar-refractivity contribution in [2.45, 2.75) is 51.4 Å². The molecule has 1 aromatic carbocycles. The van der Waals surface area contributed by atoms with Crippen LogP contribution >= 0.6 is 0 Å². The molecule has 0 spiro atoms. The summed E-state index contributed by atoms with van der Waals surface area (Å²) in [6.07, 6.45) is 2.47. The van der Waals surface area contributed by atoms with Crippen LogP contribution in [0.15, 0.2) is 36.4 Å². The summed E-state index contributed by atoms with van der Waals surface area (Å²) < 4.78 is 0. The molecule has 33 heavy (non-hydrogen) atoms. The number of hydrogen-bond donors (Lipinski definition) is 1. The summed E-state index contributed by atoms with van der Waals surface area (Å²) in [5, 5.41) is 9.08. The van der Waals surface area contributed by atoms with E-state index in [2.05, 4.69) is 85.8 Å². The van der Waals surface area contributed by atoms with E-state index < -0.39 is 0 Å². The lowest BCUT2D eigenvalue weighted by molar-refractivity contribution is 0.186. The number of rotatable bonds is 7. The number of aliphatic hydroxyl groups is 1. The maximum absolute atomic E-state index is 9.08. The molecular weight excluding hydrogens is 408 g/mol. The van der Waals surface area contributed by atoms with Crippen LogP contribution in [0.3, 0.4) is 0 Å². The minimum absolute atomic E-state index is 0.208. The van der Waals surface area contributed by atoms with Crippen LogP contribution in [0.4, 0.5) is 5.82 Å². The Morgan fingerprint density at radius 1 is 0.909 bits per heavy atom. The Hall–Kier alpha value is -1.95. The van der Waals surface area contributed by atoms with Crippen LogP contribution in [0.25, 0.3) is 11.3 Å². The SMILES string of the molecule is CN(CCO)CCN1CCN(c2cccc(-c3ccc4c(c3)C(C)(C)CCC4(C)C)n2)CC1. The summed E-state index contributed by atoms with van der Waals surface area (Å²) in [7, 11) is 2.07. The van der Waals surface area contributed by atoms with Crippen LogP contribution in [-0.2, 0) is 10.8 Å². The second-order valence-electron chi connectivity index (χ2n) is 11.3. The zero-order valence-electron chi connectivity index (χ0n) is 21.3. The number of nitrogens with zero attached hydrogens (tertiary/aromatic N) is 4. The number of aromatic nitrogens is 1. The smallest absolute Gasteiger partial charge is 0.129 e. The number of likely N-dealkylation sites (N-methyl/N-ethyl adjacent to an activating group) is 1. The zero-order chi connectivity index (χ0) is 23.6. The minimum atomic E-state index is 0.208. The fourth-order valence-electron chi connectivity index (χ4n) is 5.30. The van der Waals surface area contributed by atoms with Crippen LogP contribution in [-0.4, -0.2) is 79.4 Å². The van der Waals surface area contributed by atoms with Gasteiger partial charge in [-0.1, -0.05) is 45.9 Å². The second-order valence-corrected chi connectivity index (χ2v) is 11.3. The Morgan fingerprint density at radius 2 is 1.61 bits per heavy atom. The third-order valence-electron chi connectivity index (χ3n) is 7.86. The summed E-state index contributed by atoms with van der Waals surface area (Å²) in [6, 6.07) is 13.5. The first-order valence-corrected chi connectivity index (χ1v) is 12.6. The molecule has 1 aliphatic heterocycles. The average molecular weight is 451 g/mol. The third-order valence-corrected chi connectivity index (χ3v) is 7.86. The number of benzene rings is 1. The van der Waals surface area contributed by atoms with E-state index in [1.54, 1.807) is 0 Å². The van der Waals surface area contributed by atoms with Gasteiger partial charge in [0.1, 0.15) is 5.82 Å². The Bertz CT molecular complexity index is 947. The van der Waals surface area contributed by atoms with Gasteiger partial charge >= 0.3 is 0 Å². The molecule has 1 aromatic heterocycles. The van der Waals surface area contributed by atoms with Gasteiger partial charge in [-0.05, 0) is 60.0 Å². The van der Waals surface area contributed by atoms with Crippen molar-refractivity contribution in [3.63, 3.8) is 0 Å². The summed E-state index contributed by atoms with van der Waals surface area (Å²) in [5.74, 6) is 1.09. The van der Waals surface area contributed by atoms with Gasteiger partial charge in [0.15, 0.2) is 0 Å². The summed E-state index contributed by atoms with van der Waals surface area (Å²) in [4.78, 5) is 12.2. The molecule has 5 nitrogen and oxygen atoms in total. The zero-order valence-corrected chi connectivity index (χ0v) is 21.3. The summed E-state index contributed by atoms with van der Waals surface area (Å²) >= 11 is 0. The van der Waals surface area contributed by atoms with E-state index in [0.29, 0.717) is 0 Å². The van der Waals surface area contributed by atoms with Crippen molar-refractivity contribution in [1.29, 1.82) is 0 Å². The van der Waals surface area contributed by atoms with Crippen molar-refractivity contribution in [3.8, 4) is 11.3 Å². The van der Waals surface area contributed by atoms with E-state index in [9.17, 15) is 0 Å². The molecule has 0 bridgehead atoms. The first-order valence-electron chi connectivity index (χ1n) is 12.6. The molecule has 180 valence electrons. The Kier molecular flexibility index (Phi) is 7.13. The quantitative estimate of drug-likeness (QED) is 0.687. The van der Waals surface area contributed by atoms with Crippen LogP contribution in [0.1, 0.15) is 51.7 Å². The van der Waals surface area contributed by atoms with Crippen molar-refractivity contribution in [3.05, 3.63) is 47.5 Å². The monoisotopic (exact) mass is 450 g/mol. The fraction of sp³-hybridized carbons (Fsp3) is 0.607. The number of aliphatic hydroxyl groups excluding tert-OH is 1. The summed E-state index contributed by atoms with van der Waals surface area (Å²) in [5.41, 5.74) is 5.74. The van der Waals surface area contributed by atoms with Crippen molar-refractivity contribution < 1.29 is 5.11 Å². The fourth-order valence-corrected chi connectivity index (χ4v) is 5.30. The first kappa shape index (κ1) is 24.2. The lowest BCUT2D eigenvalue weighted by atomic mass is 9.63. The molecule has 0 saturated carbocycles. The normalized spacial score (nSPS) is 20.2. The number of fused-ring (bicyclic) bond motifs is 1. The topological polar surface area (TPSA) is 42.8 Å². The molecule has 2 aromatic rings. The largest absolute Gasteiger partial charge is 0.395 e. The van der Waals surface area contributed by atoms with Crippen LogP contribution < -0.4 is 4.90 Å². The average Bonchev–Trinajstić information content (AvgIpc) is 2.81. The number of piperazine rings is 1. The lowest BCUT2D eigenvalue weighted by Crippen LogP contribution is -2.48. The highest BCUT2D eigenvalue weighted by Gasteiger charge is 2.37. The number of pyridine rings is 1. The molecule has 1 aliphatic carbocycles. The molecule has 0 amide bonds. The van der Waals surface area contributed by atoms with Crippen LogP contribution in [0.5, 0.6) is 0 Å². The van der Waals surface area contributed by atoms with Gasteiger partial charge in [-0.15, -0.1) is 0 Å². The van der Waals surface area contributed by atoms with Gasteiger partial charge in [0, 0.05) is 51.4 Å². The standard InChI is InChI=1S/C28H42N4O/c1-27(2)11-12-28(3,4)24-21-22(9-10-23(24)27)25-7-6-8-26(29-25)32-17-15-31(16-18-32)14-13-30(5)19-20-33/h6-10,21,33H,11-20H2,1-5H3. The molecule has 2 aliphatic rings. The molecule has 4 rings (SSSR count). The molecule has 5 heteroatoms. The minimum Gasteiger partial charge on any atom is -0.395 e. The van der Waals surface area contributed by atoms with Gasteiger partial charge in [0.05, 0.1) is 12.3 Å². The van der Waals surface area contributed by atoms with E-state index in [0.717, 1.165) is 57.3 Å². The number of hydrogen-bond acceptors (Lipinski definition) is 5. The maximum Gasteiger partial charge on any atom is 0.129 e. The van der Waals surface area contributed by atoms with Gasteiger partial charge in [-0.2, -0.15) is 0 Å². The number of anilines is 1. The molecule has 0 radical (unpaired) electrons. The molecule has 0 unspecified atom stereocenters. The Balaban J connectivity index is 1.46. The van der Waals surface area contributed by atoms with Gasteiger partial charge in [-0.3, -0.25) is 4.90 Å². The van der Waals surface area contributed by atoms with Crippen molar-refractivity contribution >= 4 is 5.82 Å². The molecule has 2 heterocycles. The first-order chi connectivity index (χ1) is 15.7. The lowest BCUT2D eigenvalue weighted by Gasteiger charge is -2.42. The predicted molar refractivity (Wildman–Crippen MR) is 138 cm³/mol. The van der Waals surface area contributed by atoms with Gasteiger partial charge in [-0.25, -0.2) is 4.98 Å². The van der Waals surface area contributed by atoms with E-state index in [-0.39, 0.29) is 17.4 Å². The van der Waals surface area contributed by atoms with Gasteiger partial charge < -0.3 is 14.9 Å². The highest BCUT2D eigenvalue weighted by Crippen LogP contribution is 2.46. The van der Waals surface area contributed by atoms with Crippen molar-refractivity contribution in [2.24, 2.45) is 0 Å². The van der Waals surface area contributed by atoms with E-state index >= 15 is 0 Å². The van der Waals surface area contributed by atoms with Crippen molar-refractivity contribution in [2.75, 3.05) is 64.4 Å². The third kappa shape index (κ3) is 5.42. The van der Waals surface area contributed by atoms with E-state index in [1.807, 2.05) is 0 Å². The van der Waals surface area contributed by atoms with Crippen LogP contribution in [0, 0.1) is 0 Å². The highest BCUT2D eigenvalue weighted by molar-refractivity contribution is 5.65. The van der Waals surface area contributed by atoms with Gasteiger partial charge in [0.2, 0.25) is 0 Å². The Labute approximate surface area is 200 Å². The summed E-state index contributed by atoms with van der Waals surface area (Å²) in [6.45, 7) is 16.7. The highest BCUT2D eigenvalue weighted by atomic mass is 16.3.